The Balaban J connectivity index is 1.51. The molecule has 0 radical (unpaired) electrons. The van der Waals surface area contributed by atoms with E-state index in [2.05, 4.69) is 53.2 Å². The molecule has 0 spiro atoms. The van der Waals surface area contributed by atoms with Crippen molar-refractivity contribution >= 4 is 17.6 Å². The number of hydrogen-bond acceptors (Lipinski definition) is 5. The second kappa shape index (κ2) is 8.94. The fourth-order valence-corrected chi connectivity index (χ4v) is 5.07. The zero-order valence-corrected chi connectivity index (χ0v) is 18.5. The molecule has 164 valence electrons. The van der Waals surface area contributed by atoms with Crippen molar-refractivity contribution in [1.82, 2.24) is 20.0 Å². The second-order valence-electron chi connectivity index (χ2n) is 8.85. The van der Waals surface area contributed by atoms with Crippen molar-refractivity contribution in [3.05, 3.63) is 29.8 Å². The first kappa shape index (κ1) is 21.1. The maximum absolute atomic E-state index is 13.4. The van der Waals surface area contributed by atoms with E-state index in [9.17, 15) is 9.59 Å². The summed E-state index contributed by atoms with van der Waals surface area (Å²) in [6.45, 7) is 6.61. The summed E-state index contributed by atoms with van der Waals surface area (Å²) < 4.78 is 0. The van der Waals surface area contributed by atoms with Crippen molar-refractivity contribution < 1.29 is 9.59 Å². The van der Waals surface area contributed by atoms with Crippen LogP contribution in [0.2, 0.25) is 0 Å². The quantitative estimate of drug-likeness (QED) is 0.697. The molecule has 3 aliphatic heterocycles. The Kier molecular flexibility index (Phi) is 6.29. The number of amides is 3. The summed E-state index contributed by atoms with van der Waals surface area (Å²) in [6.07, 6.45) is 6.15. The lowest BCUT2D eigenvalue weighted by molar-refractivity contribution is -0.138. The monoisotopic (exact) mass is 413 g/mol. The van der Waals surface area contributed by atoms with Gasteiger partial charge in [-0.3, -0.25) is 19.9 Å². The summed E-state index contributed by atoms with van der Waals surface area (Å²) in [4.78, 5) is 34.2. The number of carbonyl (C=O) groups excluding carboxylic acids is 2. The van der Waals surface area contributed by atoms with Gasteiger partial charge in [0.25, 0.3) is 5.91 Å². The van der Waals surface area contributed by atoms with Gasteiger partial charge in [0, 0.05) is 32.4 Å². The van der Waals surface area contributed by atoms with Gasteiger partial charge in [0.05, 0.1) is 0 Å². The van der Waals surface area contributed by atoms with Gasteiger partial charge in [-0.2, -0.15) is 0 Å². The Morgan fingerprint density at radius 1 is 1.10 bits per heavy atom. The molecule has 0 bridgehead atoms. The lowest BCUT2D eigenvalue weighted by atomic mass is 10.1. The molecule has 1 aromatic rings. The van der Waals surface area contributed by atoms with Crippen LogP contribution in [0.15, 0.2) is 24.3 Å². The highest BCUT2D eigenvalue weighted by molar-refractivity contribution is 6.00. The number of nitrogens with zero attached hydrogens (tertiary/aromatic N) is 4. The fourth-order valence-electron chi connectivity index (χ4n) is 5.07. The molecule has 3 saturated heterocycles. The van der Waals surface area contributed by atoms with Gasteiger partial charge in [-0.1, -0.05) is 44.7 Å². The minimum absolute atomic E-state index is 0.0420. The summed E-state index contributed by atoms with van der Waals surface area (Å²) in [5.74, 6) is -0.0420. The highest BCUT2D eigenvalue weighted by atomic mass is 16.2. The zero-order valence-electron chi connectivity index (χ0n) is 18.5. The molecule has 30 heavy (non-hydrogen) atoms. The first-order valence-corrected chi connectivity index (χ1v) is 11.5. The van der Waals surface area contributed by atoms with Crippen LogP contribution in [0, 0.1) is 6.92 Å². The predicted octanol–water partition coefficient (Wildman–Crippen LogP) is 2.95. The summed E-state index contributed by atoms with van der Waals surface area (Å²) in [5.41, 5.74) is 2.38. The van der Waals surface area contributed by atoms with Gasteiger partial charge in [-0.25, -0.2) is 4.79 Å². The lowest BCUT2D eigenvalue weighted by Gasteiger charge is -2.44. The van der Waals surface area contributed by atoms with Crippen LogP contribution in [0.4, 0.5) is 10.5 Å². The standard InChI is InChI=1S/C23H35N5O2/c1-4-5-6-7-8-13-28-21(29)19-20(25(3)23(28)30)24-22-26(14-10-15-27(19)22)18-12-9-11-17(2)16-18/h9,11-12,16,19-20,22,24H,4-8,10,13-15H2,1-3H3. The molecule has 1 aromatic carbocycles. The van der Waals surface area contributed by atoms with Crippen LogP contribution in [-0.4, -0.2) is 71.8 Å². The second-order valence-corrected chi connectivity index (χ2v) is 8.85. The minimum Gasteiger partial charge on any atom is -0.343 e. The molecular weight excluding hydrogens is 378 g/mol. The number of anilines is 1. The lowest BCUT2D eigenvalue weighted by Crippen LogP contribution is -2.66. The number of imide groups is 1. The van der Waals surface area contributed by atoms with Crippen molar-refractivity contribution in [2.24, 2.45) is 0 Å². The summed E-state index contributed by atoms with van der Waals surface area (Å²) in [6, 6.07) is 7.99. The normalized spacial score (nSPS) is 26.9. The van der Waals surface area contributed by atoms with Crippen LogP contribution in [0.25, 0.3) is 0 Å². The van der Waals surface area contributed by atoms with Gasteiger partial charge in [0.15, 0.2) is 0 Å². The Hall–Kier alpha value is -2.12. The van der Waals surface area contributed by atoms with Crippen molar-refractivity contribution in [1.29, 1.82) is 0 Å². The third kappa shape index (κ3) is 3.81. The first-order valence-electron chi connectivity index (χ1n) is 11.5. The molecule has 3 aliphatic rings. The number of rotatable bonds is 7. The highest BCUT2D eigenvalue weighted by Gasteiger charge is 2.55. The van der Waals surface area contributed by atoms with Crippen molar-refractivity contribution in [3.63, 3.8) is 0 Å². The SMILES string of the molecule is CCCCCCCN1C(=O)C2C(NC3N(c4cccc(C)c4)CCCN23)N(C)C1=O. The number of nitrogens with one attached hydrogen (secondary N) is 1. The van der Waals surface area contributed by atoms with Gasteiger partial charge < -0.3 is 9.80 Å². The van der Waals surface area contributed by atoms with Gasteiger partial charge >= 0.3 is 6.03 Å². The average molecular weight is 414 g/mol. The molecule has 7 nitrogen and oxygen atoms in total. The van der Waals surface area contributed by atoms with E-state index in [0.29, 0.717) is 6.54 Å². The topological polar surface area (TPSA) is 59.1 Å². The van der Waals surface area contributed by atoms with E-state index in [1.54, 1.807) is 4.90 Å². The summed E-state index contributed by atoms with van der Waals surface area (Å²) in [7, 11) is 1.82. The largest absolute Gasteiger partial charge is 0.343 e. The Bertz CT molecular complexity index is 785. The maximum atomic E-state index is 13.4. The Labute approximate surface area is 180 Å². The molecule has 4 rings (SSSR count). The zero-order chi connectivity index (χ0) is 21.3. The van der Waals surface area contributed by atoms with Crippen LogP contribution in [0.3, 0.4) is 0 Å². The molecule has 3 heterocycles. The van der Waals surface area contributed by atoms with E-state index in [0.717, 1.165) is 44.5 Å². The summed E-state index contributed by atoms with van der Waals surface area (Å²) in [5, 5.41) is 3.59. The molecule has 7 heteroatoms. The number of fused-ring (bicyclic) bond motifs is 3. The van der Waals surface area contributed by atoms with E-state index < -0.39 is 0 Å². The van der Waals surface area contributed by atoms with Crippen molar-refractivity contribution in [3.8, 4) is 0 Å². The van der Waals surface area contributed by atoms with E-state index in [1.807, 2.05) is 7.05 Å². The van der Waals surface area contributed by atoms with Crippen LogP contribution >= 0.6 is 0 Å². The number of likely N-dealkylation sites (N-methyl/N-ethyl adjacent to an activating group) is 1. The number of urea groups is 1. The smallest absolute Gasteiger partial charge is 0.327 e. The van der Waals surface area contributed by atoms with Gasteiger partial charge in [0.2, 0.25) is 0 Å². The number of aryl methyl sites for hydroxylation is 1. The molecule has 3 fully saturated rings. The molecular formula is C23H35N5O2. The minimum atomic E-state index is -0.319. The van der Waals surface area contributed by atoms with E-state index in [1.165, 1.54) is 23.3 Å². The fraction of sp³-hybridized carbons (Fsp3) is 0.652. The van der Waals surface area contributed by atoms with E-state index in [-0.39, 0.29) is 30.4 Å². The Morgan fingerprint density at radius 2 is 1.90 bits per heavy atom. The van der Waals surface area contributed by atoms with E-state index in [4.69, 9.17) is 0 Å². The van der Waals surface area contributed by atoms with Gasteiger partial charge in [-0.15, -0.1) is 0 Å². The van der Waals surface area contributed by atoms with Crippen molar-refractivity contribution in [2.45, 2.75) is 70.9 Å². The molecule has 3 amide bonds. The number of hydrogen-bond donors (Lipinski definition) is 1. The molecule has 3 atom stereocenters. The molecule has 0 aromatic heterocycles. The van der Waals surface area contributed by atoms with Gasteiger partial charge in [0.1, 0.15) is 18.5 Å². The number of unbranched alkanes of at least 4 members (excludes halogenated alkanes) is 4. The van der Waals surface area contributed by atoms with Crippen LogP contribution in [0.5, 0.6) is 0 Å². The van der Waals surface area contributed by atoms with Crippen LogP contribution in [-0.2, 0) is 4.79 Å². The number of benzene rings is 1. The third-order valence-corrected chi connectivity index (χ3v) is 6.69. The van der Waals surface area contributed by atoms with Crippen LogP contribution in [0.1, 0.15) is 51.0 Å². The summed E-state index contributed by atoms with van der Waals surface area (Å²) >= 11 is 0. The molecule has 3 unspecified atom stereocenters. The third-order valence-electron chi connectivity index (χ3n) is 6.69. The molecule has 1 N–H and O–H groups in total. The van der Waals surface area contributed by atoms with E-state index >= 15 is 0 Å². The average Bonchev–Trinajstić information content (AvgIpc) is 3.14. The highest BCUT2D eigenvalue weighted by Crippen LogP contribution is 2.33. The van der Waals surface area contributed by atoms with Crippen LogP contribution < -0.4 is 10.2 Å². The predicted molar refractivity (Wildman–Crippen MR) is 118 cm³/mol. The molecule has 0 saturated carbocycles. The maximum Gasteiger partial charge on any atom is 0.327 e. The Morgan fingerprint density at radius 3 is 2.67 bits per heavy atom. The number of carbonyl (C=O) groups is 2. The first-order chi connectivity index (χ1) is 14.5. The molecule has 0 aliphatic carbocycles. The van der Waals surface area contributed by atoms with Gasteiger partial charge in [-0.05, 0) is 37.5 Å². The van der Waals surface area contributed by atoms with Crippen molar-refractivity contribution in [2.75, 3.05) is 31.6 Å².